The molecule has 0 unspecified atom stereocenters. The molecule has 130 valence electrons. The molecule has 0 aliphatic heterocycles. The van der Waals surface area contributed by atoms with E-state index in [2.05, 4.69) is 5.32 Å². The van der Waals surface area contributed by atoms with Gasteiger partial charge >= 0.3 is 0 Å². The van der Waals surface area contributed by atoms with Crippen molar-refractivity contribution >= 4 is 28.8 Å². The Morgan fingerprint density at radius 1 is 1.32 bits per heavy atom. The number of nitrogens with two attached hydrogens (primary N) is 1. The number of ether oxygens (including phenoxy) is 1. The van der Waals surface area contributed by atoms with Crippen LogP contribution in [0, 0.1) is 5.41 Å². The van der Waals surface area contributed by atoms with E-state index in [9.17, 15) is 4.79 Å². The summed E-state index contributed by atoms with van der Waals surface area (Å²) in [5.74, 6) is 0.239. The van der Waals surface area contributed by atoms with E-state index in [1.54, 1.807) is 31.2 Å². The lowest BCUT2D eigenvalue weighted by Crippen LogP contribution is -2.23. The number of benzene rings is 2. The van der Waals surface area contributed by atoms with Crippen LogP contribution < -0.4 is 15.8 Å². The van der Waals surface area contributed by atoms with Crippen LogP contribution in [0.25, 0.3) is 5.57 Å². The normalized spacial score (nSPS) is 11.1. The molecule has 0 atom stereocenters. The maximum Gasteiger partial charge on any atom is 0.251 e. The van der Waals surface area contributed by atoms with Gasteiger partial charge in [-0.25, -0.2) is 0 Å². The highest BCUT2D eigenvalue weighted by atomic mass is 35.5. The minimum Gasteiger partial charge on any atom is -0.496 e. The van der Waals surface area contributed by atoms with E-state index in [4.69, 9.17) is 27.5 Å². The summed E-state index contributed by atoms with van der Waals surface area (Å²) in [5.41, 5.74) is 8.43. The molecule has 0 aliphatic carbocycles. The molecular weight excluding hydrogens is 338 g/mol. The number of amides is 1. The van der Waals surface area contributed by atoms with Crippen molar-refractivity contribution < 1.29 is 9.53 Å². The van der Waals surface area contributed by atoms with Crippen LogP contribution in [0.1, 0.15) is 28.4 Å². The van der Waals surface area contributed by atoms with Crippen molar-refractivity contribution in [3.8, 4) is 5.75 Å². The number of allylic oxidation sites excluding steroid dienone is 1. The summed E-state index contributed by atoms with van der Waals surface area (Å²) in [6, 6.07) is 12.4. The Kier molecular flexibility index (Phi) is 6.19. The molecule has 1 amide bonds. The van der Waals surface area contributed by atoms with Gasteiger partial charge < -0.3 is 21.2 Å². The highest BCUT2D eigenvalue weighted by Gasteiger charge is 2.14. The number of nitrogens with one attached hydrogen (secondary N) is 2. The molecule has 2 rings (SSSR count). The van der Waals surface area contributed by atoms with Gasteiger partial charge in [0.25, 0.3) is 5.91 Å². The second kappa shape index (κ2) is 8.35. The Balaban J connectivity index is 2.21. The lowest BCUT2D eigenvalue weighted by Gasteiger charge is -2.13. The molecule has 0 aromatic heterocycles. The number of halogens is 1. The summed E-state index contributed by atoms with van der Waals surface area (Å²) in [7, 11) is 1.51. The van der Waals surface area contributed by atoms with Crippen molar-refractivity contribution in [3.63, 3.8) is 0 Å². The van der Waals surface area contributed by atoms with E-state index in [-0.39, 0.29) is 5.91 Å². The van der Waals surface area contributed by atoms with Gasteiger partial charge in [0.2, 0.25) is 0 Å². The molecule has 0 saturated carbocycles. The highest BCUT2D eigenvalue weighted by Crippen LogP contribution is 2.27. The van der Waals surface area contributed by atoms with Crippen molar-refractivity contribution in [3.05, 3.63) is 70.4 Å². The van der Waals surface area contributed by atoms with Gasteiger partial charge in [0.1, 0.15) is 5.75 Å². The van der Waals surface area contributed by atoms with Crippen molar-refractivity contribution in [1.29, 1.82) is 5.41 Å². The summed E-state index contributed by atoms with van der Waals surface area (Å²) >= 11 is 6.09. The lowest BCUT2D eigenvalue weighted by atomic mass is 10.00. The van der Waals surface area contributed by atoms with Crippen molar-refractivity contribution in [1.82, 2.24) is 5.32 Å². The summed E-state index contributed by atoms with van der Waals surface area (Å²) in [5, 5.41) is 11.2. The summed E-state index contributed by atoms with van der Waals surface area (Å²) in [4.78, 5) is 12.4. The molecule has 0 radical (unpaired) electrons. The van der Waals surface area contributed by atoms with E-state index in [0.717, 1.165) is 5.56 Å². The maximum atomic E-state index is 12.4. The summed E-state index contributed by atoms with van der Waals surface area (Å²) < 4.78 is 5.36. The van der Waals surface area contributed by atoms with Crippen LogP contribution in [-0.2, 0) is 6.54 Å². The van der Waals surface area contributed by atoms with Gasteiger partial charge in [0.05, 0.1) is 7.11 Å². The smallest absolute Gasteiger partial charge is 0.251 e. The Bertz CT molecular complexity index is 831. The molecule has 0 bridgehead atoms. The zero-order valence-corrected chi connectivity index (χ0v) is 14.9. The van der Waals surface area contributed by atoms with Gasteiger partial charge in [-0.15, -0.1) is 0 Å². The number of carbonyl (C=O) groups is 1. The van der Waals surface area contributed by atoms with Crippen LogP contribution >= 0.6 is 11.6 Å². The number of rotatable bonds is 6. The quantitative estimate of drug-likeness (QED) is 0.690. The molecule has 6 heteroatoms. The molecule has 2 aromatic carbocycles. The third-order valence-corrected chi connectivity index (χ3v) is 4.09. The average molecular weight is 358 g/mol. The molecule has 0 aliphatic rings. The Labute approximate surface area is 152 Å². The largest absolute Gasteiger partial charge is 0.496 e. The van der Waals surface area contributed by atoms with Crippen molar-refractivity contribution in [2.45, 2.75) is 13.5 Å². The van der Waals surface area contributed by atoms with E-state index < -0.39 is 0 Å². The first-order valence-electron chi connectivity index (χ1n) is 7.65. The zero-order valence-electron chi connectivity index (χ0n) is 14.1. The number of hydrogen-bond donors (Lipinski definition) is 3. The van der Waals surface area contributed by atoms with Gasteiger partial charge in [0, 0.05) is 40.2 Å². The van der Waals surface area contributed by atoms with Gasteiger partial charge in [-0.1, -0.05) is 29.8 Å². The van der Waals surface area contributed by atoms with Gasteiger partial charge in [-0.05, 0) is 36.8 Å². The Morgan fingerprint density at radius 3 is 2.64 bits per heavy atom. The topological polar surface area (TPSA) is 88.2 Å². The number of carbonyl (C=O) groups excluding carboxylic acids is 1. The molecule has 25 heavy (non-hydrogen) atoms. The first-order chi connectivity index (χ1) is 12.0. The second-order valence-corrected chi connectivity index (χ2v) is 5.80. The van der Waals surface area contributed by atoms with E-state index in [1.165, 1.54) is 13.3 Å². The molecule has 0 fully saturated rings. The van der Waals surface area contributed by atoms with Crippen LogP contribution in [-0.4, -0.2) is 18.7 Å². The highest BCUT2D eigenvalue weighted by molar-refractivity contribution is 6.31. The standard InChI is InChI=1S/C19H20ClN3O2/c1-12(22)16(10-21)15-8-7-13(9-18(15)25-2)19(24)23-11-14-5-3-4-6-17(14)20/h3-10,22H,11,21H2,1-2H3,(H,23,24)/b16-10+,22-12?. The van der Waals surface area contributed by atoms with Crippen LogP contribution in [0.3, 0.4) is 0 Å². The fourth-order valence-corrected chi connectivity index (χ4v) is 2.59. The molecule has 5 nitrogen and oxygen atoms in total. The first-order valence-corrected chi connectivity index (χ1v) is 8.03. The lowest BCUT2D eigenvalue weighted by molar-refractivity contribution is 0.0950. The number of methoxy groups -OCH3 is 1. The Morgan fingerprint density at radius 2 is 2.04 bits per heavy atom. The fourth-order valence-electron chi connectivity index (χ4n) is 2.39. The number of hydrogen-bond acceptors (Lipinski definition) is 4. The van der Waals surface area contributed by atoms with Crippen molar-refractivity contribution in [2.75, 3.05) is 7.11 Å². The van der Waals surface area contributed by atoms with Gasteiger partial charge in [-0.3, -0.25) is 4.79 Å². The van der Waals surface area contributed by atoms with E-state index in [1.807, 2.05) is 18.2 Å². The van der Waals surface area contributed by atoms with Gasteiger partial charge in [0.15, 0.2) is 0 Å². The monoisotopic (exact) mass is 357 g/mol. The molecule has 0 saturated heterocycles. The molecular formula is C19H20ClN3O2. The summed E-state index contributed by atoms with van der Waals surface area (Å²) in [6.07, 6.45) is 1.36. The SMILES string of the molecule is COc1cc(C(=O)NCc2ccccc2Cl)ccc1/C(=C/N)C(C)=N. The Hall–Kier alpha value is -2.79. The zero-order chi connectivity index (χ0) is 18.4. The molecule has 4 N–H and O–H groups in total. The van der Waals surface area contributed by atoms with Crippen molar-refractivity contribution in [2.24, 2.45) is 5.73 Å². The molecule has 0 heterocycles. The third kappa shape index (κ3) is 4.39. The summed E-state index contributed by atoms with van der Waals surface area (Å²) in [6.45, 7) is 1.97. The van der Waals surface area contributed by atoms with Gasteiger partial charge in [-0.2, -0.15) is 0 Å². The van der Waals surface area contributed by atoms with E-state index in [0.29, 0.717) is 39.7 Å². The predicted molar refractivity (Wildman–Crippen MR) is 101 cm³/mol. The van der Waals surface area contributed by atoms with Crippen LogP contribution in [0.4, 0.5) is 0 Å². The van der Waals surface area contributed by atoms with Crippen LogP contribution in [0.2, 0.25) is 5.02 Å². The maximum absolute atomic E-state index is 12.4. The third-order valence-electron chi connectivity index (χ3n) is 3.72. The predicted octanol–water partition coefficient (Wildman–Crippen LogP) is 3.62. The second-order valence-electron chi connectivity index (χ2n) is 5.39. The van der Waals surface area contributed by atoms with Crippen LogP contribution in [0.15, 0.2) is 48.7 Å². The molecule has 2 aromatic rings. The first kappa shape index (κ1) is 18.5. The van der Waals surface area contributed by atoms with Crippen LogP contribution in [0.5, 0.6) is 5.75 Å². The minimum atomic E-state index is -0.241. The average Bonchev–Trinajstić information content (AvgIpc) is 2.61. The fraction of sp³-hybridized carbons (Fsp3) is 0.158. The van der Waals surface area contributed by atoms with E-state index >= 15 is 0 Å². The minimum absolute atomic E-state index is 0.241. The molecule has 0 spiro atoms.